The summed E-state index contributed by atoms with van der Waals surface area (Å²) in [4.78, 5) is 33.6. The fourth-order valence-corrected chi connectivity index (χ4v) is 4.89. The number of amides is 2. The lowest BCUT2D eigenvalue weighted by molar-refractivity contribution is -0.130. The first kappa shape index (κ1) is 29.9. The van der Waals surface area contributed by atoms with Gasteiger partial charge < -0.3 is 23.6 Å². The molecule has 1 heterocycles. The highest BCUT2D eigenvalue weighted by Crippen LogP contribution is 2.41. The standard InChI is InChI=1S/C31H40N4O6/c1-8-38-25-16-13-20(17-26(25)39-9-2)18-27-32-29(33-41-27)23-12-10-11-22-21(23)14-15-24(22)35(19-28(36)34(6)7)30(37)40-31(3,4)5/h10-13,16-17,24H,8-9,14-15,18-19H2,1-7H3. The molecule has 0 saturated carbocycles. The van der Waals surface area contributed by atoms with Crippen molar-refractivity contribution in [2.24, 2.45) is 0 Å². The van der Waals surface area contributed by atoms with Gasteiger partial charge in [-0.3, -0.25) is 9.69 Å². The molecule has 10 heteroatoms. The summed E-state index contributed by atoms with van der Waals surface area (Å²) in [6, 6.07) is 11.3. The Morgan fingerprint density at radius 3 is 2.46 bits per heavy atom. The molecule has 2 aromatic carbocycles. The Labute approximate surface area is 241 Å². The third-order valence-corrected chi connectivity index (χ3v) is 6.72. The molecular formula is C31H40N4O6. The highest BCUT2D eigenvalue weighted by atomic mass is 16.6. The zero-order chi connectivity index (χ0) is 29.7. The zero-order valence-corrected chi connectivity index (χ0v) is 25.0. The molecule has 0 saturated heterocycles. The Morgan fingerprint density at radius 2 is 1.78 bits per heavy atom. The first-order valence-corrected chi connectivity index (χ1v) is 14.0. The second kappa shape index (κ2) is 12.6. The Bertz CT molecular complexity index is 1380. The predicted molar refractivity (Wildman–Crippen MR) is 154 cm³/mol. The normalized spacial score (nSPS) is 14.4. The number of carbonyl (C=O) groups is 2. The average Bonchev–Trinajstić information content (AvgIpc) is 3.55. The molecule has 1 unspecified atom stereocenters. The number of fused-ring (bicyclic) bond motifs is 1. The molecule has 10 nitrogen and oxygen atoms in total. The Hall–Kier alpha value is -4.08. The van der Waals surface area contributed by atoms with Crippen molar-refractivity contribution in [1.29, 1.82) is 0 Å². The van der Waals surface area contributed by atoms with E-state index < -0.39 is 11.7 Å². The number of carbonyl (C=O) groups excluding carboxylic acids is 2. The van der Waals surface area contributed by atoms with Gasteiger partial charge in [-0.15, -0.1) is 0 Å². The van der Waals surface area contributed by atoms with E-state index >= 15 is 0 Å². The molecule has 1 aromatic heterocycles. The van der Waals surface area contributed by atoms with Gasteiger partial charge in [0, 0.05) is 19.7 Å². The van der Waals surface area contributed by atoms with E-state index in [1.807, 2.05) is 71.0 Å². The average molecular weight is 565 g/mol. The van der Waals surface area contributed by atoms with Gasteiger partial charge in [0.25, 0.3) is 0 Å². The van der Waals surface area contributed by atoms with Crippen LogP contribution in [0.1, 0.15) is 69.7 Å². The molecule has 3 aromatic rings. The summed E-state index contributed by atoms with van der Waals surface area (Å²) < 4.78 is 22.7. The van der Waals surface area contributed by atoms with Gasteiger partial charge in [-0.05, 0) is 76.3 Å². The maximum atomic E-state index is 13.2. The zero-order valence-electron chi connectivity index (χ0n) is 25.0. The second-order valence-corrected chi connectivity index (χ2v) is 11.2. The van der Waals surface area contributed by atoms with Gasteiger partial charge >= 0.3 is 6.09 Å². The minimum Gasteiger partial charge on any atom is -0.490 e. The highest BCUT2D eigenvalue weighted by molar-refractivity contribution is 5.82. The molecular weight excluding hydrogens is 524 g/mol. The lowest BCUT2D eigenvalue weighted by Crippen LogP contribution is -2.44. The minimum atomic E-state index is -0.687. The molecule has 1 atom stereocenters. The van der Waals surface area contributed by atoms with E-state index in [-0.39, 0.29) is 18.5 Å². The summed E-state index contributed by atoms with van der Waals surface area (Å²) in [5, 5.41) is 4.28. The summed E-state index contributed by atoms with van der Waals surface area (Å²) in [5.41, 5.74) is 3.12. The Morgan fingerprint density at radius 1 is 1.05 bits per heavy atom. The molecule has 4 rings (SSSR count). The summed E-state index contributed by atoms with van der Waals surface area (Å²) in [6.07, 6.45) is 1.28. The molecule has 0 radical (unpaired) electrons. The summed E-state index contributed by atoms with van der Waals surface area (Å²) in [7, 11) is 3.35. The number of hydrogen-bond acceptors (Lipinski definition) is 8. The number of hydrogen-bond donors (Lipinski definition) is 0. The summed E-state index contributed by atoms with van der Waals surface area (Å²) in [5.74, 6) is 2.17. The molecule has 0 spiro atoms. The molecule has 0 bridgehead atoms. The van der Waals surface area contributed by atoms with Gasteiger partial charge in [0.05, 0.1) is 25.7 Å². The van der Waals surface area contributed by atoms with Crippen molar-refractivity contribution < 1.29 is 28.3 Å². The van der Waals surface area contributed by atoms with E-state index in [4.69, 9.17) is 23.7 Å². The van der Waals surface area contributed by atoms with Crippen molar-refractivity contribution >= 4 is 12.0 Å². The van der Waals surface area contributed by atoms with Crippen molar-refractivity contribution in [2.75, 3.05) is 33.9 Å². The topological polar surface area (TPSA) is 107 Å². The van der Waals surface area contributed by atoms with Gasteiger partial charge in [-0.25, -0.2) is 4.79 Å². The Kier molecular flexibility index (Phi) is 9.20. The van der Waals surface area contributed by atoms with Gasteiger partial charge in [0.1, 0.15) is 12.1 Å². The van der Waals surface area contributed by atoms with Crippen LogP contribution in [0.2, 0.25) is 0 Å². The number of benzene rings is 2. The van der Waals surface area contributed by atoms with Crippen LogP contribution in [-0.2, 0) is 22.4 Å². The van der Waals surface area contributed by atoms with Gasteiger partial charge in [0.15, 0.2) is 11.5 Å². The maximum absolute atomic E-state index is 13.2. The minimum absolute atomic E-state index is 0.0750. The molecule has 220 valence electrons. The van der Waals surface area contributed by atoms with Crippen molar-refractivity contribution in [2.45, 2.75) is 65.5 Å². The summed E-state index contributed by atoms with van der Waals surface area (Å²) >= 11 is 0. The molecule has 41 heavy (non-hydrogen) atoms. The lowest BCUT2D eigenvalue weighted by Gasteiger charge is -2.32. The van der Waals surface area contributed by atoms with Gasteiger partial charge in [-0.1, -0.05) is 29.4 Å². The van der Waals surface area contributed by atoms with E-state index in [9.17, 15) is 9.59 Å². The van der Waals surface area contributed by atoms with Crippen LogP contribution in [0.25, 0.3) is 11.4 Å². The number of ether oxygens (including phenoxy) is 3. The van der Waals surface area contributed by atoms with E-state index in [0.29, 0.717) is 55.7 Å². The summed E-state index contributed by atoms with van der Waals surface area (Å²) in [6.45, 7) is 10.3. The molecule has 1 aliphatic rings. The maximum Gasteiger partial charge on any atom is 0.411 e. The van der Waals surface area contributed by atoms with Crippen LogP contribution in [0, 0.1) is 0 Å². The second-order valence-electron chi connectivity index (χ2n) is 11.2. The quantitative estimate of drug-likeness (QED) is 0.321. The number of nitrogens with zero attached hydrogens (tertiary/aromatic N) is 4. The van der Waals surface area contributed by atoms with Crippen LogP contribution in [0.4, 0.5) is 4.79 Å². The smallest absolute Gasteiger partial charge is 0.411 e. The number of aromatic nitrogens is 2. The van der Waals surface area contributed by atoms with Gasteiger partial charge in [-0.2, -0.15) is 4.98 Å². The number of likely N-dealkylation sites (N-methyl/N-ethyl adjacent to an activating group) is 1. The number of rotatable bonds is 10. The third-order valence-electron chi connectivity index (χ3n) is 6.72. The lowest BCUT2D eigenvalue weighted by atomic mass is 10.0. The van der Waals surface area contributed by atoms with Crippen LogP contribution in [0.5, 0.6) is 11.5 Å². The largest absolute Gasteiger partial charge is 0.490 e. The SMILES string of the molecule is CCOc1ccc(Cc2nc(-c3cccc4c3CCC4N(CC(=O)N(C)C)C(=O)OC(C)(C)C)no2)cc1OCC. The molecule has 2 amide bonds. The fourth-order valence-electron chi connectivity index (χ4n) is 4.89. The van der Waals surface area contributed by atoms with E-state index in [1.54, 1.807) is 14.1 Å². The van der Waals surface area contributed by atoms with Crippen LogP contribution >= 0.6 is 0 Å². The van der Waals surface area contributed by atoms with Gasteiger partial charge in [0.2, 0.25) is 17.6 Å². The van der Waals surface area contributed by atoms with Crippen molar-refractivity contribution in [3.63, 3.8) is 0 Å². The predicted octanol–water partition coefficient (Wildman–Crippen LogP) is 5.44. The first-order chi connectivity index (χ1) is 19.5. The molecule has 0 fully saturated rings. The van der Waals surface area contributed by atoms with Crippen LogP contribution < -0.4 is 9.47 Å². The molecule has 1 aliphatic carbocycles. The third kappa shape index (κ3) is 7.17. The van der Waals surface area contributed by atoms with E-state index in [1.165, 1.54) is 9.80 Å². The highest BCUT2D eigenvalue weighted by Gasteiger charge is 2.36. The van der Waals surface area contributed by atoms with Crippen LogP contribution in [0.3, 0.4) is 0 Å². The van der Waals surface area contributed by atoms with Crippen molar-refractivity contribution in [1.82, 2.24) is 19.9 Å². The van der Waals surface area contributed by atoms with Crippen LogP contribution in [0.15, 0.2) is 40.9 Å². The first-order valence-electron chi connectivity index (χ1n) is 14.0. The van der Waals surface area contributed by atoms with Crippen molar-refractivity contribution in [3.05, 3.63) is 59.0 Å². The monoisotopic (exact) mass is 564 g/mol. The molecule has 0 aliphatic heterocycles. The Balaban J connectivity index is 1.59. The van der Waals surface area contributed by atoms with E-state index in [2.05, 4.69) is 5.16 Å². The van der Waals surface area contributed by atoms with Crippen LogP contribution in [-0.4, -0.2) is 71.4 Å². The molecule has 0 N–H and O–H groups in total. The van der Waals surface area contributed by atoms with Crippen molar-refractivity contribution in [3.8, 4) is 22.9 Å². The van der Waals surface area contributed by atoms with E-state index in [0.717, 1.165) is 22.3 Å². The fraction of sp³-hybridized carbons (Fsp3) is 0.484.